The largest absolute Gasteiger partial charge is 0.354 e. The van der Waals surface area contributed by atoms with Gasteiger partial charge in [0.15, 0.2) is 0 Å². The van der Waals surface area contributed by atoms with Crippen molar-refractivity contribution >= 4 is 33.0 Å². The number of carbonyl (C=O) groups excluding carboxylic acids is 1. The van der Waals surface area contributed by atoms with Crippen LogP contribution in [0.4, 0.5) is 0 Å². The first-order chi connectivity index (χ1) is 14.1. The second-order valence-electron chi connectivity index (χ2n) is 7.85. The summed E-state index contributed by atoms with van der Waals surface area (Å²) in [6, 6.07) is 4.54. The van der Waals surface area contributed by atoms with Gasteiger partial charge in [-0.3, -0.25) is 14.0 Å². The van der Waals surface area contributed by atoms with Crippen molar-refractivity contribution in [2.24, 2.45) is 0 Å². The Balaban J connectivity index is 1.40. The van der Waals surface area contributed by atoms with Gasteiger partial charge in [-0.15, -0.1) is 11.3 Å². The zero-order chi connectivity index (χ0) is 20.4. The molecule has 1 amide bonds. The first-order valence-electron chi connectivity index (χ1n) is 10.6. The minimum absolute atomic E-state index is 0.0404. The Morgan fingerprint density at radius 3 is 3.00 bits per heavy atom. The van der Waals surface area contributed by atoms with Gasteiger partial charge >= 0.3 is 0 Å². The van der Waals surface area contributed by atoms with E-state index in [4.69, 9.17) is 0 Å². The number of amides is 1. The molecule has 0 aromatic carbocycles. The Morgan fingerprint density at radius 2 is 2.21 bits per heavy atom. The Bertz CT molecular complexity index is 1070. The predicted octanol–water partition coefficient (Wildman–Crippen LogP) is 2.65. The van der Waals surface area contributed by atoms with Crippen molar-refractivity contribution in [1.29, 1.82) is 0 Å². The lowest BCUT2D eigenvalue weighted by Gasteiger charge is -2.33. The van der Waals surface area contributed by atoms with Crippen molar-refractivity contribution in [1.82, 2.24) is 24.4 Å². The number of fused-ring (bicyclic) bond motifs is 3. The molecule has 1 unspecified atom stereocenters. The number of aryl methyl sites for hydroxylation is 1. The molecule has 0 aliphatic carbocycles. The summed E-state index contributed by atoms with van der Waals surface area (Å²) in [5.41, 5.74) is 1.38. The molecule has 4 rings (SSSR count). The van der Waals surface area contributed by atoms with Gasteiger partial charge in [-0.05, 0) is 50.2 Å². The van der Waals surface area contributed by atoms with Crippen LogP contribution in [0.2, 0.25) is 0 Å². The van der Waals surface area contributed by atoms with Gasteiger partial charge in [-0.1, -0.05) is 13.3 Å². The summed E-state index contributed by atoms with van der Waals surface area (Å²) in [6.45, 7) is 7.04. The summed E-state index contributed by atoms with van der Waals surface area (Å²) in [5.74, 6) is 0.631. The van der Waals surface area contributed by atoms with Gasteiger partial charge < -0.3 is 10.2 Å². The van der Waals surface area contributed by atoms with Gasteiger partial charge in [-0.2, -0.15) is 5.10 Å². The van der Waals surface area contributed by atoms with Crippen molar-refractivity contribution in [3.8, 4) is 0 Å². The molecule has 0 bridgehead atoms. The molecule has 3 aromatic heterocycles. The number of hydrogen-bond acceptors (Lipinski definition) is 5. The number of nitrogens with one attached hydrogen (secondary N) is 1. The molecule has 3 aromatic rings. The lowest BCUT2D eigenvalue weighted by Crippen LogP contribution is -2.40. The standard InChI is InChI=1S/C21H29N5O2S/c1-3-19-23-25(21(28)17-13-18-16(26(17)19)8-12-29-18)14-20(27)22-9-6-11-24-10-5-4-7-15(24)2/h8,12-13,15H,3-7,9-11,14H2,1-2H3,(H,22,27). The summed E-state index contributed by atoms with van der Waals surface area (Å²) in [6.07, 6.45) is 5.46. The second-order valence-corrected chi connectivity index (χ2v) is 8.80. The molecule has 1 saturated heterocycles. The van der Waals surface area contributed by atoms with Crippen LogP contribution >= 0.6 is 11.3 Å². The van der Waals surface area contributed by atoms with Crippen molar-refractivity contribution in [3.05, 3.63) is 33.7 Å². The molecular weight excluding hydrogens is 386 g/mol. The van der Waals surface area contributed by atoms with E-state index in [1.807, 2.05) is 28.8 Å². The molecule has 156 valence electrons. The molecule has 1 fully saturated rings. The SMILES string of the molecule is CCc1nn(CC(=O)NCCCN2CCCCC2C)c(=O)c2cc3sccc3n12. The normalized spacial score (nSPS) is 17.9. The van der Waals surface area contributed by atoms with E-state index in [1.165, 1.54) is 23.9 Å². The van der Waals surface area contributed by atoms with E-state index < -0.39 is 0 Å². The highest BCUT2D eigenvalue weighted by molar-refractivity contribution is 7.17. The molecule has 1 aliphatic rings. The Kier molecular flexibility index (Phi) is 6.01. The van der Waals surface area contributed by atoms with Gasteiger partial charge in [0.05, 0.1) is 10.2 Å². The first kappa shape index (κ1) is 20.1. The van der Waals surface area contributed by atoms with Crippen LogP contribution in [0.5, 0.6) is 0 Å². The minimum Gasteiger partial charge on any atom is -0.354 e. The van der Waals surface area contributed by atoms with E-state index in [-0.39, 0.29) is 18.0 Å². The molecule has 0 spiro atoms. The number of likely N-dealkylation sites (tertiary alicyclic amines) is 1. The summed E-state index contributed by atoms with van der Waals surface area (Å²) >= 11 is 1.61. The third-order valence-electron chi connectivity index (χ3n) is 5.87. The van der Waals surface area contributed by atoms with Gasteiger partial charge in [0.2, 0.25) is 5.91 Å². The number of carbonyl (C=O) groups is 1. The van der Waals surface area contributed by atoms with E-state index in [9.17, 15) is 9.59 Å². The Labute approximate surface area is 174 Å². The van der Waals surface area contributed by atoms with Crippen LogP contribution in [0.3, 0.4) is 0 Å². The van der Waals surface area contributed by atoms with Crippen molar-refractivity contribution < 1.29 is 4.79 Å². The van der Waals surface area contributed by atoms with Crippen LogP contribution in [0.1, 0.15) is 45.4 Å². The van der Waals surface area contributed by atoms with E-state index in [0.29, 0.717) is 24.5 Å². The van der Waals surface area contributed by atoms with Crippen LogP contribution in [-0.2, 0) is 17.8 Å². The number of aromatic nitrogens is 3. The average Bonchev–Trinajstić information content (AvgIpc) is 3.30. The Hall–Kier alpha value is -2.19. The maximum Gasteiger partial charge on any atom is 0.291 e. The summed E-state index contributed by atoms with van der Waals surface area (Å²) < 4.78 is 4.29. The molecule has 1 N–H and O–H groups in total. The van der Waals surface area contributed by atoms with Crippen LogP contribution in [0, 0.1) is 0 Å². The van der Waals surface area contributed by atoms with Gasteiger partial charge in [0.1, 0.15) is 17.9 Å². The lowest BCUT2D eigenvalue weighted by molar-refractivity contribution is -0.121. The quantitative estimate of drug-likeness (QED) is 0.602. The topological polar surface area (TPSA) is 71.6 Å². The first-order valence-corrected chi connectivity index (χ1v) is 11.5. The third kappa shape index (κ3) is 4.09. The lowest BCUT2D eigenvalue weighted by atomic mass is 10.0. The fourth-order valence-corrected chi connectivity index (χ4v) is 5.05. The molecule has 0 saturated carbocycles. The molecule has 29 heavy (non-hydrogen) atoms. The van der Waals surface area contributed by atoms with E-state index in [0.717, 1.165) is 35.6 Å². The second kappa shape index (κ2) is 8.67. The number of hydrogen-bond donors (Lipinski definition) is 1. The smallest absolute Gasteiger partial charge is 0.291 e. The van der Waals surface area contributed by atoms with Crippen LogP contribution in [-0.4, -0.2) is 50.7 Å². The van der Waals surface area contributed by atoms with Crippen LogP contribution in [0.15, 0.2) is 22.3 Å². The molecule has 4 heterocycles. The van der Waals surface area contributed by atoms with E-state index in [1.54, 1.807) is 11.3 Å². The fraction of sp³-hybridized carbons (Fsp3) is 0.571. The average molecular weight is 416 g/mol. The molecule has 8 heteroatoms. The summed E-state index contributed by atoms with van der Waals surface area (Å²) in [5, 5.41) is 9.44. The highest BCUT2D eigenvalue weighted by atomic mass is 32.1. The van der Waals surface area contributed by atoms with Crippen LogP contribution < -0.4 is 10.9 Å². The highest BCUT2D eigenvalue weighted by Gasteiger charge is 2.18. The number of piperidine rings is 1. The van der Waals surface area contributed by atoms with Crippen molar-refractivity contribution in [2.75, 3.05) is 19.6 Å². The predicted molar refractivity (Wildman–Crippen MR) is 117 cm³/mol. The maximum atomic E-state index is 12.9. The van der Waals surface area contributed by atoms with Crippen LogP contribution in [0.25, 0.3) is 15.7 Å². The molecule has 0 radical (unpaired) electrons. The van der Waals surface area contributed by atoms with Crippen molar-refractivity contribution in [3.63, 3.8) is 0 Å². The fourth-order valence-electron chi connectivity index (χ4n) is 4.25. The molecular formula is C21H29N5O2S. The van der Waals surface area contributed by atoms with Gasteiger partial charge in [0, 0.05) is 25.6 Å². The van der Waals surface area contributed by atoms with E-state index in [2.05, 4.69) is 22.2 Å². The number of nitrogens with zero attached hydrogens (tertiary/aromatic N) is 4. The molecule has 7 nitrogen and oxygen atoms in total. The van der Waals surface area contributed by atoms with E-state index >= 15 is 0 Å². The summed E-state index contributed by atoms with van der Waals surface area (Å²) in [7, 11) is 0. The zero-order valence-electron chi connectivity index (χ0n) is 17.2. The van der Waals surface area contributed by atoms with Crippen molar-refractivity contribution in [2.45, 2.75) is 58.5 Å². The Morgan fingerprint density at radius 1 is 1.34 bits per heavy atom. The minimum atomic E-state index is -0.220. The molecule has 1 aliphatic heterocycles. The molecule has 1 atom stereocenters. The van der Waals surface area contributed by atoms with Gasteiger partial charge in [-0.25, -0.2) is 4.68 Å². The number of thiophene rings is 1. The summed E-state index contributed by atoms with van der Waals surface area (Å²) in [4.78, 5) is 27.8. The number of rotatable bonds is 7. The highest BCUT2D eigenvalue weighted by Crippen LogP contribution is 2.24. The maximum absolute atomic E-state index is 12.9. The monoisotopic (exact) mass is 415 g/mol. The van der Waals surface area contributed by atoms with Gasteiger partial charge in [0.25, 0.3) is 5.56 Å². The third-order valence-corrected chi connectivity index (χ3v) is 6.72. The zero-order valence-corrected chi connectivity index (χ0v) is 18.0.